The maximum atomic E-state index is 12.9. The summed E-state index contributed by atoms with van der Waals surface area (Å²) in [4.78, 5) is 12.0. The number of carbonyl (C=O) groups is 1. The number of nitrogens with one attached hydrogen (secondary N) is 2. The van der Waals surface area contributed by atoms with Crippen LogP contribution in [0, 0.1) is 6.92 Å². The molecule has 0 saturated carbocycles. The van der Waals surface area contributed by atoms with Crippen molar-refractivity contribution in [2.24, 2.45) is 0 Å². The summed E-state index contributed by atoms with van der Waals surface area (Å²) in [5.41, 5.74) is 1.10. The Morgan fingerprint density at radius 3 is 2.59 bits per heavy atom. The molecule has 2 N–H and O–H groups in total. The maximum Gasteiger partial charge on any atom is 0.271 e. The quantitative estimate of drug-likeness (QED) is 0.465. The molecule has 0 bridgehead atoms. The summed E-state index contributed by atoms with van der Waals surface area (Å²) in [6, 6.07) is 6.12. The molecule has 0 atom stereocenters. The molecule has 1 aromatic carbocycles. The van der Waals surface area contributed by atoms with Crippen LogP contribution in [0.2, 0.25) is 5.02 Å². The fourth-order valence-corrected chi connectivity index (χ4v) is 5.30. The van der Waals surface area contributed by atoms with Gasteiger partial charge in [-0.25, -0.2) is 8.42 Å². The molecule has 3 rings (SSSR count). The zero-order valence-corrected chi connectivity index (χ0v) is 19.9. The highest BCUT2D eigenvalue weighted by Gasteiger charge is 2.21. The Labute approximate surface area is 194 Å². The first kappa shape index (κ1) is 23.6. The van der Waals surface area contributed by atoms with E-state index in [9.17, 15) is 13.2 Å². The van der Waals surface area contributed by atoms with E-state index in [1.807, 2.05) is 0 Å². The van der Waals surface area contributed by atoms with E-state index in [2.05, 4.69) is 15.2 Å². The number of ether oxygens (including phenoxy) is 2. The van der Waals surface area contributed by atoms with Gasteiger partial charge in [0.15, 0.2) is 5.76 Å². The van der Waals surface area contributed by atoms with Crippen LogP contribution in [0.1, 0.15) is 23.3 Å². The lowest BCUT2D eigenvalue weighted by Crippen LogP contribution is -2.12. The van der Waals surface area contributed by atoms with Crippen LogP contribution in [-0.2, 0) is 14.8 Å². The molecule has 0 aliphatic rings. The third-order valence-corrected chi connectivity index (χ3v) is 7.37. The average Bonchev–Trinajstić information content (AvgIpc) is 3.35. The first-order chi connectivity index (χ1) is 15.1. The highest BCUT2D eigenvalue weighted by Crippen LogP contribution is 2.38. The number of thiophene rings is 1. The van der Waals surface area contributed by atoms with Crippen LogP contribution in [0.3, 0.4) is 0 Å². The van der Waals surface area contributed by atoms with Crippen molar-refractivity contribution in [3.05, 3.63) is 45.6 Å². The molecule has 0 unspecified atom stereocenters. The van der Waals surface area contributed by atoms with Crippen LogP contribution in [0.15, 0.2) is 33.0 Å². The molecule has 0 saturated heterocycles. The van der Waals surface area contributed by atoms with Gasteiger partial charge in [0, 0.05) is 23.9 Å². The SMILES string of the molecule is COc1cc(Cl)c(NS(=O)(=O)c2ccc(/C=C/c3onc(C)c3NC(C)=O)s2)c(OC)c1. The van der Waals surface area contributed by atoms with E-state index in [-0.39, 0.29) is 26.6 Å². The van der Waals surface area contributed by atoms with E-state index < -0.39 is 10.0 Å². The predicted octanol–water partition coefficient (Wildman–Crippen LogP) is 4.64. The zero-order chi connectivity index (χ0) is 23.5. The van der Waals surface area contributed by atoms with Crippen LogP contribution in [0.5, 0.6) is 11.5 Å². The van der Waals surface area contributed by atoms with Crippen LogP contribution >= 0.6 is 22.9 Å². The Morgan fingerprint density at radius 1 is 1.19 bits per heavy atom. The lowest BCUT2D eigenvalue weighted by atomic mass is 10.2. The van der Waals surface area contributed by atoms with Gasteiger partial charge < -0.3 is 19.3 Å². The van der Waals surface area contributed by atoms with Crippen LogP contribution in [0.25, 0.3) is 12.2 Å². The number of hydrogen-bond donors (Lipinski definition) is 2. The van der Waals surface area contributed by atoms with Gasteiger partial charge in [0.05, 0.1) is 19.2 Å². The molecule has 12 heteroatoms. The van der Waals surface area contributed by atoms with Gasteiger partial charge in [0.25, 0.3) is 10.0 Å². The van der Waals surface area contributed by atoms with E-state index in [0.717, 1.165) is 11.3 Å². The van der Waals surface area contributed by atoms with Crippen LogP contribution in [0.4, 0.5) is 11.4 Å². The van der Waals surface area contributed by atoms with Crippen LogP contribution < -0.4 is 19.5 Å². The maximum absolute atomic E-state index is 12.9. The Kier molecular flexibility index (Phi) is 7.12. The molecular weight excluding hydrogens is 478 g/mol. The van der Waals surface area contributed by atoms with Gasteiger partial charge in [-0.1, -0.05) is 16.8 Å². The van der Waals surface area contributed by atoms with Gasteiger partial charge in [-0.2, -0.15) is 0 Å². The number of hydrogen-bond acceptors (Lipinski definition) is 8. The van der Waals surface area contributed by atoms with Crippen molar-refractivity contribution in [3.8, 4) is 11.5 Å². The van der Waals surface area contributed by atoms with Crippen LogP contribution in [-0.4, -0.2) is 33.7 Å². The molecular formula is C20H20ClN3O6S2. The third-order valence-electron chi connectivity index (χ3n) is 4.18. The summed E-state index contributed by atoms with van der Waals surface area (Å²) in [5, 5.41) is 6.62. The molecule has 2 heterocycles. The number of nitrogens with zero attached hydrogens (tertiary/aromatic N) is 1. The van der Waals surface area contributed by atoms with Crippen molar-refractivity contribution in [1.82, 2.24) is 5.16 Å². The lowest BCUT2D eigenvalue weighted by Gasteiger charge is -2.14. The first-order valence-corrected chi connectivity index (χ1v) is 11.8. The van der Waals surface area contributed by atoms with Gasteiger partial charge in [-0.3, -0.25) is 9.52 Å². The Balaban J connectivity index is 1.84. The summed E-state index contributed by atoms with van der Waals surface area (Å²) >= 11 is 7.26. The van der Waals surface area contributed by atoms with E-state index in [1.165, 1.54) is 39.3 Å². The molecule has 3 aromatic rings. The largest absolute Gasteiger partial charge is 0.497 e. The summed E-state index contributed by atoms with van der Waals surface area (Å²) in [7, 11) is -1.07. The second-order valence-electron chi connectivity index (χ2n) is 6.47. The number of halogens is 1. The number of methoxy groups -OCH3 is 2. The standard InChI is InChI=1S/C20H20ClN3O6S2/c1-11-19(22-12(2)25)16(30-23-11)7-5-14-6-8-18(31-14)32(26,27)24-20-15(21)9-13(28-3)10-17(20)29-4/h5-10,24H,1-4H3,(H,22,25)/b7-5+. The van der Waals surface area contributed by atoms with Crippen molar-refractivity contribution < 1.29 is 27.2 Å². The highest BCUT2D eigenvalue weighted by atomic mass is 35.5. The predicted molar refractivity (Wildman–Crippen MR) is 124 cm³/mol. The topological polar surface area (TPSA) is 120 Å². The molecule has 0 radical (unpaired) electrons. The molecule has 9 nitrogen and oxygen atoms in total. The minimum Gasteiger partial charge on any atom is -0.497 e. The van der Waals surface area contributed by atoms with Crippen molar-refractivity contribution in [3.63, 3.8) is 0 Å². The fraction of sp³-hybridized carbons (Fsp3) is 0.200. The Morgan fingerprint density at radius 2 is 1.94 bits per heavy atom. The van der Waals surface area contributed by atoms with E-state index >= 15 is 0 Å². The van der Waals surface area contributed by atoms with E-state index in [4.69, 9.17) is 25.6 Å². The molecule has 0 fully saturated rings. The number of aromatic nitrogens is 1. The van der Waals surface area contributed by atoms with Gasteiger partial charge in [-0.15, -0.1) is 11.3 Å². The normalized spacial score (nSPS) is 11.5. The summed E-state index contributed by atoms with van der Waals surface area (Å²) < 4.78 is 43.9. The number of sulfonamides is 1. The molecule has 170 valence electrons. The third kappa shape index (κ3) is 5.23. The second kappa shape index (κ2) is 9.63. The van der Waals surface area contributed by atoms with Gasteiger partial charge in [-0.05, 0) is 31.2 Å². The zero-order valence-electron chi connectivity index (χ0n) is 17.6. The number of carbonyl (C=O) groups excluding carboxylic acids is 1. The number of amides is 1. The number of rotatable bonds is 8. The summed E-state index contributed by atoms with van der Waals surface area (Å²) in [6.07, 6.45) is 3.26. The molecule has 0 spiro atoms. The molecule has 0 aliphatic heterocycles. The highest BCUT2D eigenvalue weighted by molar-refractivity contribution is 7.94. The Hall–Kier alpha value is -3.02. The smallest absolute Gasteiger partial charge is 0.271 e. The minimum absolute atomic E-state index is 0.0712. The molecule has 2 aromatic heterocycles. The summed E-state index contributed by atoms with van der Waals surface area (Å²) in [5.74, 6) is 0.748. The second-order valence-corrected chi connectivity index (χ2v) is 9.90. The number of anilines is 2. The van der Waals surface area contributed by atoms with E-state index in [0.29, 0.717) is 27.8 Å². The van der Waals surface area contributed by atoms with E-state index in [1.54, 1.807) is 25.1 Å². The molecule has 32 heavy (non-hydrogen) atoms. The van der Waals surface area contributed by atoms with Gasteiger partial charge in [0.2, 0.25) is 5.91 Å². The van der Waals surface area contributed by atoms with Crippen molar-refractivity contribution in [1.29, 1.82) is 0 Å². The molecule has 1 amide bonds. The lowest BCUT2D eigenvalue weighted by molar-refractivity contribution is -0.114. The monoisotopic (exact) mass is 497 g/mol. The average molecular weight is 498 g/mol. The molecule has 0 aliphatic carbocycles. The first-order valence-electron chi connectivity index (χ1n) is 9.10. The summed E-state index contributed by atoms with van der Waals surface area (Å²) in [6.45, 7) is 3.08. The Bertz CT molecular complexity index is 1280. The van der Waals surface area contributed by atoms with Crippen molar-refractivity contribution in [2.75, 3.05) is 24.3 Å². The van der Waals surface area contributed by atoms with Gasteiger partial charge in [0.1, 0.15) is 32.8 Å². The van der Waals surface area contributed by atoms with Crippen molar-refractivity contribution in [2.45, 2.75) is 18.1 Å². The fourth-order valence-electron chi connectivity index (χ4n) is 2.68. The van der Waals surface area contributed by atoms with Crippen molar-refractivity contribution >= 4 is 62.4 Å². The number of aryl methyl sites for hydroxylation is 1. The minimum atomic E-state index is -3.93. The van der Waals surface area contributed by atoms with Gasteiger partial charge >= 0.3 is 0 Å². The number of benzene rings is 1.